The third-order valence-corrected chi connectivity index (χ3v) is 8.14. The molecule has 0 unspecified atom stereocenters. The fraction of sp³-hybridized carbons (Fsp3) is 0.450. The number of carbonyl (C=O) groups excluding carboxylic acids is 1. The summed E-state index contributed by atoms with van der Waals surface area (Å²) >= 11 is 1.23. The quantitative estimate of drug-likeness (QED) is 0.801. The second-order valence-electron chi connectivity index (χ2n) is 7.65. The Balaban J connectivity index is 1.55. The molecule has 1 saturated heterocycles. The van der Waals surface area contributed by atoms with Gasteiger partial charge in [-0.2, -0.15) is 4.31 Å². The summed E-state index contributed by atoms with van der Waals surface area (Å²) in [6.07, 6.45) is 1.86. The normalized spacial score (nSPS) is 17.0. The van der Waals surface area contributed by atoms with Crippen LogP contribution in [-0.2, 0) is 21.2 Å². The van der Waals surface area contributed by atoms with Crippen LogP contribution in [0.15, 0.2) is 52.1 Å². The van der Waals surface area contributed by atoms with Crippen molar-refractivity contribution in [3.63, 3.8) is 0 Å². The molecule has 0 spiro atoms. The molecular weight excluding hydrogens is 380 g/mol. The average Bonchev–Trinajstić information content (AvgIpc) is 3.17. The SMILES string of the molecule is CC(C)(Cc1ccccc1)NC(=O)C1CCN(S(=O)(=O)c2cccs2)CC1. The number of sulfonamides is 1. The highest BCUT2D eigenvalue weighted by molar-refractivity contribution is 7.91. The lowest BCUT2D eigenvalue weighted by atomic mass is 9.91. The number of piperidine rings is 1. The molecule has 27 heavy (non-hydrogen) atoms. The Hall–Kier alpha value is -1.70. The second-order valence-corrected chi connectivity index (χ2v) is 10.8. The molecule has 0 saturated carbocycles. The highest BCUT2D eigenvalue weighted by Crippen LogP contribution is 2.27. The predicted octanol–water partition coefficient (Wildman–Crippen LogP) is 3.29. The van der Waals surface area contributed by atoms with E-state index in [1.165, 1.54) is 21.2 Å². The van der Waals surface area contributed by atoms with Gasteiger partial charge < -0.3 is 5.32 Å². The average molecular weight is 407 g/mol. The Morgan fingerprint density at radius 2 is 1.81 bits per heavy atom. The Labute approximate surface area is 165 Å². The summed E-state index contributed by atoms with van der Waals surface area (Å²) in [6, 6.07) is 13.5. The number of benzene rings is 1. The summed E-state index contributed by atoms with van der Waals surface area (Å²) in [4.78, 5) is 12.7. The minimum Gasteiger partial charge on any atom is -0.351 e. The Bertz CT molecular complexity index is 854. The first kappa shape index (κ1) is 20.0. The molecule has 0 atom stereocenters. The molecular formula is C20H26N2O3S2. The molecule has 1 aromatic carbocycles. The van der Waals surface area contributed by atoms with E-state index in [1.807, 2.05) is 32.0 Å². The van der Waals surface area contributed by atoms with Crippen molar-refractivity contribution in [2.45, 2.75) is 42.9 Å². The highest BCUT2D eigenvalue weighted by Gasteiger charge is 2.34. The fourth-order valence-electron chi connectivity index (χ4n) is 3.48. The van der Waals surface area contributed by atoms with Gasteiger partial charge in [-0.25, -0.2) is 8.42 Å². The molecule has 5 nitrogen and oxygen atoms in total. The molecule has 1 aromatic heterocycles. The first-order valence-corrected chi connectivity index (χ1v) is 11.5. The van der Waals surface area contributed by atoms with Gasteiger partial charge in [0.25, 0.3) is 10.0 Å². The number of nitrogens with zero attached hydrogens (tertiary/aromatic N) is 1. The molecule has 1 amide bonds. The third-order valence-electron chi connectivity index (χ3n) is 4.86. The van der Waals surface area contributed by atoms with Crippen LogP contribution in [0.1, 0.15) is 32.3 Å². The van der Waals surface area contributed by atoms with E-state index < -0.39 is 10.0 Å². The van der Waals surface area contributed by atoms with Crippen molar-refractivity contribution < 1.29 is 13.2 Å². The molecule has 2 aromatic rings. The van der Waals surface area contributed by atoms with Crippen LogP contribution >= 0.6 is 11.3 Å². The van der Waals surface area contributed by atoms with Crippen molar-refractivity contribution in [3.8, 4) is 0 Å². The highest BCUT2D eigenvalue weighted by atomic mass is 32.2. The van der Waals surface area contributed by atoms with Crippen LogP contribution in [-0.4, -0.2) is 37.3 Å². The van der Waals surface area contributed by atoms with Gasteiger partial charge in [-0.3, -0.25) is 4.79 Å². The van der Waals surface area contributed by atoms with E-state index in [0.29, 0.717) is 30.1 Å². The lowest BCUT2D eigenvalue weighted by Gasteiger charge is -2.33. The van der Waals surface area contributed by atoms with Gasteiger partial charge >= 0.3 is 0 Å². The maximum Gasteiger partial charge on any atom is 0.252 e. The van der Waals surface area contributed by atoms with Crippen molar-refractivity contribution in [2.75, 3.05) is 13.1 Å². The zero-order chi connectivity index (χ0) is 19.5. The van der Waals surface area contributed by atoms with Crippen molar-refractivity contribution in [1.29, 1.82) is 0 Å². The van der Waals surface area contributed by atoms with Crippen LogP contribution in [0.25, 0.3) is 0 Å². The van der Waals surface area contributed by atoms with Crippen LogP contribution in [0.5, 0.6) is 0 Å². The monoisotopic (exact) mass is 406 g/mol. The molecule has 2 heterocycles. The summed E-state index contributed by atoms with van der Waals surface area (Å²) in [7, 11) is -3.42. The van der Waals surface area contributed by atoms with Crippen LogP contribution in [0, 0.1) is 5.92 Å². The summed E-state index contributed by atoms with van der Waals surface area (Å²) < 4.78 is 27.1. The van der Waals surface area contributed by atoms with E-state index in [-0.39, 0.29) is 17.4 Å². The van der Waals surface area contributed by atoms with Crippen molar-refractivity contribution in [1.82, 2.24) is 9.62 Å². The third kappa shape index (κ3) is 4.97. The van der Waals surface area contributed by atoms with Crippen molar-refractivity contribution in [3.05, 3.63) is 53.4 Å². The van der Waals surface area contributed by atoms with Gasteiger partial charge in [-0.05, 0) is 50.1 Å². The van der Waals surface area contributed by atoms with Gasteiger partial charge in [0.05, 0.1) is 0 Å². The Kier molecular flexibility index (Phi) is 6.03. The molecule has 0 radical (unpaired) electrons. The van der Waals surface area contributed by atoms with Gasteiger partial charge in [0, 0.05) is 24.5 Å². The zero-order valence-electron chi connectivity index (χ0n) is 15.7. The molecule has 146 valence electrons. The Morgan fingerprint density at radius 3 is 2.41 bits per heavy atom. The Morgan fingerprint density at radius 1 is 1.15 bits per heavy atom. The first-order chi connectivity index (χ1) is 12.8. The van der Waals surface area contributed by atoms with Gasteiger partial charge in [0.2, 0.25) is 5.91 Å². The van der Waals surface area contributed by atoms with Crippen LogP contribution in [0.2, 0.25) is 0 Å². The number of hydrogen-bond donors (Lipinski definition) is 1. The minimum atomic E-state index is -3.42. The lowest BCUT2D eigenvalue weighted by molar-refractivity contribution is -0.127. The van der Waals surface area contributed by atoms with E-state index in [1.54, 1.807) is 17.5 Å². The summed E-state index contributed by atoms with van der Waals surface area (Å²) in [5.41, 5.74) is 0.832. The van der Waals surface area contributed by atoms with Gasteiger partial charge in [-0.15, -0.1) is 11.3 Å². The van der Waals surface area contributed by atoms with E-state index in [0.717, 1.165) is 6.42 Å². The molecule has 0 bridgehead atoms. The first-order valence-electron chi connectivity index (χ1n) is 9.17. The van der Waals surface area contributed by atoms with Crippen LogP contribution < -0.4 is 5.32 Å². The molecule has 0 aliphatic carbocycles. The second kappa shape index (κ2) is 8.12. The molecule has 1 aliphatic heterocycles. The van der Waals surface area contributed by atoms with Gasteiger partial charge in [-0.1, -0.05) is 36.4 Å². The van der Waals surface area contributed by atoms with Crippen LogP contribution in [0.4, 0.5) is 0 Å². The summed E-state index contributed by atoms with van der Waals surface area (Å²) in [5, 5.41) is 4.92. The molecule has 1 aliphatic rings. The number of carbonyl (C=O) groups is 1. The minimum absolute atomic E-state index is 0.0177. The lowest BCUT2D eigenvalue weighted by Crippen LogP contribution is -2.50. The van der Waals surface area contributed by atoms with Gasteiger partial charge in [0.1, 0.15) is 4.21 Å². The molecule has 7 heteroatoms. The largest absolute Gasteiger partial charge is 0.351 e. The molecule has 1 fully saturated rings. The predicted molar refractivity (Wildman–Crippen MR) is 108 cm³/mol. The topological polar surface area (TPSA) is 66.5 Å². The summed E-state index contributed by atoms with van der Waals surface area (Å²) in [5.74, 6) is -0.126. The van der Waals surface area contributed by atoms with Gasteiger partial charge in [0.15, 0.2) is 0 Å². The number of hydrogen-bond acceptors (Lipinski definition) is 4. The van der Waals surface area contributed by atoms with Crippen LogP contribution in [0.3, 0.4) is 0 Å². The number of rotatable bonds is 6. The standard InChI is InChI=1S/C20H26N2O3S2/c1-20(2,15-16-7-4-3-5-8-16)21-19(23)17-10-12-22(13-11-17)27(24,25)18-9-6-14-26-18/h3-9,14,17H,10-13,15H2,1-2H3,(H,21,23). The molecule has 1 N–H and O–H groups in total. The van der Waals surface area contributed by atoms with Crippen molar-refractivity contribution in [2.24, 2.45) is 5.92 Å². The smallest absolute Gasteiger partial charge is 0.252 e. The number of nitrogens with one attached hydrogen (secondary N) is 1. The van der Waals surface area contributed by atoms with E-state index in [2.05, 4.69) is 17.4 Å². The summed E-state index contributed by atoms with van der Waals surface area (Å²) in [6.45, 7) is 4.82. The maximum atomic E-state index is 12.7. The number of thiophene rings is 1. The fourth-order valence-corrected chi connectivity index (χ4v) is 6.10. The number of amides is 1. The maximum absolute atomic E-state index is 12.7. The van der Waals surface area contributed by atoms with E-state index in [4.69, 9.17) is 0 Å². The molecule has 3 rings (SSSR count). The van der Waals surface area contributed by atoms with Crippen molar-refractivity contribution >= 4 is 27.3 Å². The van der Waals surface area contributed by atoms with E-state index in [9.17, 15) is 13.2 Å². The van der Waals surface area contributed by atoms with E-state index >= 15 is 0 Å². The zero-order valence-corrected chi connectivity index (χ0v) is 17.4.